The molecular formula is C29H28N6O2. The normalized spacial score (nSPS) is 13.7. The maximum absolute atomic E-state index is 12.3. The number of benzene rings is 2. The van der Waals surface area contributed by atoms with E-state index in [0.29, 0.717) is 32.8 Å². The van der Waals surface area contributed by atoms with E-state index in [1.54, 1.807) is 4.90 Å². The molecule has 4 heterocycles. The number of nitrogens with one attached hydrogen (secondary N) is 2. The number of carbonyl (C=O) groups is 1. The van der Waals surface area contributed by atoms with E-state index in [1.165, 1.54) is 5.56 Å². The lowest BCUT2D eigenvalue weighted by molar-refractivity contribution is 0.0531. The highest BCUT2D eigenvalue weighted by Crippen LogP contribution is 2.31. The minimum absolute atomic E-state index is 0.0471. The van der Waals surface area contributed by atoms with Crippen molar-refractivity contribution in [3.63, 3.8) is 0 Å². The fraction of sp³-hybridized carbons (Fsp3) is 0.207. The van der Waals surface area contributed by atoms with E-state index in [4.69, 9.17) is 4.74 Å². The molecule has 2 N–H and O–H groups in total. The summed E-state index contributed by atoms with van der Waals surface area (Å²) < 4.78 is 7.27. The Bertz CT molecular complexity index is 1500. The Hall–Kier alpha value is -4.43. The fourth-order valence-corrected chi connectivity index (χ4v) is 4.63. The largest absolute Gasteiger partial charge is 0.378 e. The SMILES string of the molecule is O=C(NCc1ccc(-c2cnc3[nH]cc(-c4cnn(Cc5ccccc5)c4)c3c2)cc1)N1CCOCC1. The molecule has 3 aromatic heterocycles. The molecule has 8 heteroatoms. The monoisotopic (exact) mass is 492 g/mol. The van der Waals surface area contributed by atoms with E-state index in [9.17, 15) is 4.79 Å². The Kier molecular flexibility index (Phi) is 6.39. The van der Waals surface area contributed by atoms with Gasteiger partial charge < -0.3 is 19.9 Å². The van der Waals surface area contributed by atoms with Gasteiger partial charge in [0.2, 0.25) is 0 Å². The van der Waals surface area contributed by atoms with Gasteiger partial charge in [0.05, 0.1) is 26.0 Å². The number of amides is 2. The molecule has 0 saturated carbocycles. The molecule has 8 nitrogen and oxygen atoms in total. The van der Waals surface area contributed by atoms with Gasteiger partial charge in [-0.3, -0.25) is 4.68 Å². The molecular weight excluding hydrogens is 464 g/mol. The molecule has 186 valence electrons. The molecule has 2 amide bonds. The van der Waals surface area contributed by atoms with Crippen LogP contribution in [0.15, 0.2) is 85.5 Å². The van der Waals surface area contributed by atoms with E-state index < -0.39 is 0 Å². The van der Waals surface area contributed by atoms with Gasteiger partial charge in [-0.25, -0.2) is 9.78 Å². The van der Waals surface area contributed by atoms with E-state index in [-0.39, 0.29) is 6.03 Å². The number of aromatic nitrogens is 4. The molecule has 6 rings (SSSR count). The predicted molar refractivity (Wildman–Crippen MR) is 143 cm³/mol. The van der Waals surface area contributed by atoms with Crippen molar-refractivity contribution < 1.29 is 9.53 Å². The lowest BCUT2D eigenvalue weighted by Crippen LogP contribution is -2.45. The van der Waals surface area contributed by atoms with Gasteiger partial charge in [-0.15, -0.1) is 0 Å². The van der Waals surface area contributed by atoms with Crippen LogP contribution in [0.3, 0.4) is 0 Å². The van der Waals surface area contributed by atoms with Gasteiger partial charge in [0.25, 0.3) is 0 Å². The number of hydrogen-bond acceptors (Lipinski definition) is 4. The number of urea groups is 1. The van der Waals surface area contributed by atoms with Crippen LogP contribution < -0.4 is 5.32 Å². The highest BCUT2D eigenvalue weighted by Gasteiger charge is 2.16. The second-order valence-corrected chi connectivity index (χ2v) is 9.19. The smallest absolute Gasteiger partial charge is 0.317 e. The third-order valence-corrected chi connectivity index (χ3v) is 6.69. The molecule has 0 unspecified atom stereocenters. The average molecular weight is 493 g/mol. The number of ether oxygens (including phenoxy) is 1. The Morgan fingerprint density at radius 3 is 2.57 bits per heavy atom. The highest BCUT2D eigenvalue weighted by atomic mass is 16.5. The van der Waals surface area contributed by atoms with Crippen LogP contribution in [0.25, 0.3) is 33.3 Å². The van der Waals surface area contributed by atoms with Gasteiger partial charge in [0.1, 0.15) is 5.65 Å². The van der Waals surface area contributed by atoms with Crippen molar-refractivity contribution in [1.82, 2.24) is 30.0 Å². The first kappa shape index (κ1) is 23.0. The maximum atomic E-state index is 12.3. The molecule has 2 aromatic carbocycles. The number of rotatable bonds is 6. The second-order valence-electron chi connectivity index (χ2n) is 9.19. The van der Waals surface area contributed by atoms with Crippen molar-refractivity contribution in [2.24, 2.45) is 0 Å². The van der Waals surface area contributed by atoms with Crippen molar-refractivity contribution in [3.8, 4) is 22.3 Å². The van der Waals surface area contributed by atoms with Crippen molar-refractivity contribution in [1.29, 1.82) is 0 Å². The lowest BCUT2D eigenvalue weighted by atomic mass is 10.0. The first-order chi connectivity index (χ1) is 18.2. The molecule has 0 radical (unpaired) electrons. The zero-order valence-corrected chi connectivity index (χ0v) is 20.4. The number of carbonyl (C=O) groups excluding carboxylic acids is 1. The molecule has 1 fully saturated rings. The topological polar surface area (TPSA) is 88.1 Å². The number of pyridine rings is 1. The van der Waals surface area contributed by atoms with Gasteiger partial charge in [0, 0.05) is 60.3 Å². The van der Waals surface area contributed by atoms with Crippen LogP contribution in [0.4, 0.5) is 4.79 Å². The molecule has 1 aliphatic rings. The summed E-state index contributed by atoms with van der Waals surface area (Å²) in [6, 6.07) is 20.7. The molecule has 0 atom stereocenters. The molecule has 0 spiro atoms. The predicted octanol–water partition coefficient (Wildman–Crippen LogP) is 4.68. The standard InChI is InChI=1S/C29H28N6O2/c36-29(34-10-12-37-13-11-34)32-15-21-6-8-23(9-7-21)24-14-26-27(18-31-28(26)30-16-24)25-17-33-35(20-25)19-22-4-2-1-3-5-22/h1-9,14,16-18,20H,10-13,15,19H2,(H,30,31)(H,32,36). The first-order valence-electron chi connectivity index (χ1n) is 12.5. The molecule has 5 aromatic rings. The van der Waals surface area contributed by atoms with Crippen LogP contribution >= 0.6 is 0 Å². The summed E-state index contributed by atoms with van der Waals surface area (Å²) >= 11 is 0. The van der Waals surface area contributed by atoms with E-state index >= 15 is 0 Å². The van der Waals surface area contributed by atoms with E-state index in [1.807, 2.05) is 53.6 Å². The molecule has 37 heavy (non-hydrogen) atoms. The minimum atomic E-state index is -0.0471. The van der Waals surface area contributed by atoms with Crippen LogP contribution in [0.1, 0.15) is 11.1 Å². The van der Waals surface area contributed by atoms with Crippen molar-refractivity contribution >= 4 is 17.1 Å². The van der Waals surface area contributed by atoms with Gasteiger partial charge in [-0.1, -0.05) is 54.6 Å². The number of morpholine rings is 1. The zero-order valence-electron chi connectivity index (χ0n) is 20.4. The highest BCUT2D eigenvalue weighted by molar-refractivity contribution is 5.95. The number of H-pyrrole nitrogens is 1. The van der Waals surface area contributed by atoms with Gasteiger partial charge in [-0.05, 0) is 22.8 Å². The Balaban J connectivity index is 1.17. The van der Waals surface area contributed by atoms with Crippen molar-refractivity contribution in [2.75, 3.05) is 26.3 Å². The number of hydrogen-bond donors (Lipinski definition) is 2. The van der Waals surface area contributed by atoms with Crippen LogP contribution in [0, 0.1) is 0 Å². The summed E-state index contributed by atoms with van der Waals surface area (Å²) in [5.74, 6) is 0. The van der Waals surface area contributed by atoms with Crippen LogP contribution in [-0.4, -0.2) is 57.0 Å². The third kappa shape index (κ3) is 5.10. The third-order valence-electron chi connectivity index (χ3n) is 6.69. The minimum Gasteiger partial charge on any atom is -0.378 e. The quantitative estimate of drug-likeness (QED) is 0.360. The second kappa shape index (κ2) is 10.3. The first-order valence-corrected chi connectivity index (χ1v) is 12.5. The molecule has 0 aliphatic carbocycles. The lowest BCUT2D eigenvalue weighted by Gasteiger charge is -2.26. The summed E-state index contributed by atoms with van der Waals surface area (Å²) in [7, 11) is 0. The van der Waals surface area contributed by atoms with Crippen LogP contribution in [-0.2, 0) is 17.8 Å². The molecule has 1 saturated heterocycles. The number of fused-ring (bicyclic) bond motifs is 1. The van der Waals surface area contributed by atoms with E-state index in [0.717, 1.165) is 45.4 Å². The van der Waals surface area contributed by atoms with Crippen molar-refractivity contribution in [3.05, 3.63) is 96.6 Å². The Morgan fingerprint density at radius 2 is 1.76 bits per heavy atom. The summed E-state index contributed by atoms with van der Waals surface area (Å²) in [6.45, 7) is 3.68. The Morgan fingerprint density at radius 1 is 0.946 bits per heavy atom. The summed E-state index contributed by atoms with van der Waals surface area (Å²) in [5, 5.41) is 8.62. The van der Waals surface area contributed by atoms with Crippen LogP contribution in [0.5, 0.6) is 0 Å². The van der Waals surface area contributed by atoms with E-state index in [2.05, 4.69) is 56.9 Å². The van der Waals surface area contributed by atoms with Crippen LogP contribution in [0.2, 0.25) is 0 Å². The summed E-state index contributed by atoms with van der Waals surface area (Å²) in [5.41, 5.74) is 7.34. The average Bonchev–Trinajstić information content (AvgIpc) is 3.59. The van der Waals surface area contributed by atoms with Gasteiger partial charge in [-0.2, -0.15) is 5.10 Å². The van der Waals surface area contributed by atoms with Gasteiger partial charge >= 0.3 is 6.03 Å². The van der Waals surface area contributed by atoms with Crippen molar-refractivity contribution in [2.45, 2.75) is 13.1 Å². The summed E-state index contributed by atoms with van der Waals surface area (Å²) in [6.07, 6.45) is 7.85. The molecule has 1 aliphatic heterocycles. The fourth-order valence-electron chi connectivity index (χ4n) is 4.63. The zero-order chi connectivity index (χ0) is 25.0. The maximum Gasteiger partial charge on any atom is 0.317 e. The number of aromatic amines is 1. The summed E-state index contributed by atoms with van der Waals surface area (Å²) in [4.78, 5) is 22.1. The molecule has 0 bridgehead atoms. The Labute approximate surface area is 214 Å². The number of nitrogens with zero attached hydrogens (tertiary/aromatic N) is 4. The van der Waals surface area contributed by atoms with Gasteiger partial charge in [0.15, 0.2) is 0 Å².